The Morgan fingerprint density at radius 1 is 1.14 bits per heavy atom. The smallest absolute Gasteiger partial charge is 0.303 e. The van der Waals surface area contributed by atoms with Crippen molar-refractivity contribution in [2.45, 2.75) is 32.9 Å². The average molecular weight is 578 g/mol. The van der Waals surface area contributed by atoms with Gasteiger partial charge in [-0.15, -0.1) is 10.2 Å². The molecule has 1 saturated heterocycles. The molecule has 1 aliphatic rings. The first-order valence-corrected chi connectivity index (χ1v) is 12.9. The van der Waals surface area contributed by atoms with Gasteiger partial charge in [-0.2, -0.15) is 5.26 Å². The van der Waals surface area contributed by atoms with Crippen LogP contribution in [0.15, 0.2) is 48.5 Å². The van der Waals surface area contributed by atoms with Crippen LogP contribution in [0.25, 0.3) is 11.3 Å². The van der Waals surface area contributed by atoms with E-state index in [4.69, 9.17) is 20.6 Å². The minimum atomic E-state index is -0.746. The van der Waals surface area contributed by atoms with Gasteiger partial charge in [-0.05, 0) is 35.9 Å². The first kappa shape index (κ1) is 28.7. The Labute approximate surface area is 238 Å². The normalized spacial score (nSPS) is 15.8. The second kappa shape index (κ2) is 11.6. The number of nitrogens with two attached hydrogens (primary N) is 1. The summed E-state index contributed by atoms with van der Waals surface area (Å²) in [5, 5.41) is 16.9. The highest BCUT2D eigenvalue weighted by Gasteiger charge is 2.40. The number of nitrogens with zero attached hydrogens (tertiary/aromatic N) is 5. The molecular weight excluding hydrogens is 551 g/mol. The van der Waals surface area contributed by atoms with Crippen molar-refractivity contribution in [1.29, 1.82) is 5.26 Å². The summed E-state index contributed by atoms with van der Waals surface area (Å²) < 4.78 is 57.7. The predicted molar refractivity (Wildman–Crippen MR) is 143 cm³/mol. The Bertz CT molecular complexity index is 1700. The predicted octanol–water partition coefficient (Wildman–Crippen LogP) is 4.00. The van der Waals surface area contributed by atoms with Gasteiger partial charge >= 0.3 is 5.91 Å². The summed E-state index contributed by atoms with van der Waals surface area (Å²) in [7, 11) is 0. The molecule has 1 aliphatic heterocycles. The first-order valence-electron chi connectivity index (χ1n) is 12.9. The van der Waals surface area contributed by atoms with E-state index in [2.05, 4.69) is 15.2 Å². The summed E-state index contributed by atoms with van der Waals surface area (Å²) in [6, 6.07) is 12.1. The number of carbonyl (C=O) groups excluding carboxylic acids is 1. The van der Waals surface area contributed by atoms with E-state index in [-0.39, 0.29) is 76.6 Å². The fraction of sp³-hybridized carbons (Fsp3) is 0.276. The fourth-order valence-electron chi connectivity index (χ4n) is 4.79. The minimum absolute atomic E-state index is 0.00924. The number of hydrazine groups is 1. The molecule has 0 saturated carbocycles. The van der Waals surface area contributed by atoms with Crippen LogP contribution >= 0.6 is 0 Å². The molecule has 0 spiro atoms. The Hall–Kier alpha value is -4.80. The molecule has 42 heavy (non-hydrogen) atoms. The number of nitrogens with one attached hydrogen (secondary N) is 1. The summed E-state index contributed by atoms with van der Waals surface area (Å²) in [5.41, 5.74) is 2.02. The van der Waals surface area contributed by atoms with E-state index >= 15 is 8.78 Å². The fourth-order valence-corrected chi connectivity index (χ4v) is 4.79. The molecule has 1 fully saturated rings. The first-order chi connectivity index (χ1) is 20.1. The van der Waals surface area contributed by atoms with Crippen LogP contribution in [0.1, 0.15) is 53.0 Å². The molecule has 1 atom stereocenters. The zero-order valence-electron chi connectivity index (χ0n) is 22.7. The molecule has 0 bridgehead atoms. The third-order valence-corrected chi connectivity index (χ3v) is 7.11. The lowest BCUT2D eigenvalue weighted by Gasteiger charge is -2.27. The third kappa shape index (κ3) is 5.67. The molecule has 0 unspecified atom stereocenters. The second-order valence-electron chi connectivity index (χ2n) is 10.5. The van der Waals surface area contributed by atoms with Gasteiger partial charge < -0.3 is 14.0 Å². The number of halogens is 3. The van der Waals surface area contributed by atoms with Crippen LogP contribution in [0.3, 0.4) is 0 Å². The number of hydrogen-bond acceptors (Lipinski definition) is 8. The average Bonchev–Trinajstić information content (AvgIpc) is 3.54. The van der Waals surface area contributed by atoms with Crippen molar-refractivity contribution in [3.05, 3.63) is 94.3 Å². The van der Waals surface area contributed by atoms with Gasteiger partial charge in [-0.3, -0.25) is 10.2 Å². The van der Waals surface area contributed by atoms with Crippen LogP contribution in [-0.2, 0) is 17.8 Å². The zero-order valence-corrected chi connectivity index (χ0v) is 22.7. The SMILES string of the molecule is CC1(C)COC[C@@H]1n1c(Cc2cc(F)c(-c3cccc(OCc4ccc(C#N)cc4F)n3)cc2F)nnc1C(=O)NN. The largest absolute Gasteiger partial charge is 0.473 e. The summed E-state index contributed by atoms with van der Waals surface area (Å²) in [6.07, 6.45) is -0.160. The van der Waals surface area contributed by atoms with E-state index < -0.39 is 23.4 Å². The van der Waals surface area contributed by atoms with Crippen molar-refractivity contribution in [1.82, 2.24) is 25.2 Å². The van der Waals surface area contributed by atoms with Crippen molar-refractivity contribution in [2.24, 2.45) is 11.3 Å². The Morgan fingerprint density at radius 2 is 1.93 bits per heavy atom. The molecule has 2 aromatic carbocycles. The van der Waals surface area contributed by atoms with Crippen molar-refractivity contribution >= 4 is 5.91 Å². The van der Waals surface area contributed by atoms with E-state index in [1.165, 1.54) is 24.3 Å². The third-order valence-electron chi connectivity index (χ3n) is 7.11. The van der Waals surface area contributed by atoms with Gasteiger partial charge in [0.2, 0.25) is 11.7 Å². The molecule has 5 rings (SSSR count). The highest BCUT2D eigenvalue weighted by Crippen LogP contribution is 2.39. The van der Waals surface area contributed by atoms with E-state index in [9.17, 15) is 9.18 Å². The molecule has 3 N–H and O–H groups in total. The van der Waals surface area contributed by atoms with Crippen LogP contribution in [-0.4, -0.2) is 38.9 Å². The maximum atomic E-state index is 15.4. The van der Waals surface area contributed by atoms with Crippen molar-refractivity contribution in [3.63, 3.8) is 0 Å². The van der Waals surface area contributed by atoms with E-state index in [1.807, 2.05) is 25.3 Å². The zero-order chi connectivity index (χ0) is 30.0. The number of hydrogen-bond donors (Lipinski definition) is 2. The molecule has 216 valence electrons. The molecule has 10 nitrogen and oxygen atoms in total. The number of ether oxygens (including phenoxy) is 2. The summed E-state index contributed by atoms with van der Waals surface area (Å²) >= 11 is 0. The number of rotatable bonds is 8. The van der Waals surface area contributed by atoms with Gasteiger partial charge in [0, 0.05) is 29.0 Å². The quantitative estimate of drug-likeness (QED) is 0.182. The number of benzene rings is 2. The Kier molecular flexibility index (Phi) is 7.93. The summed E-state index contributed by atoms with van der Waals surface area (Å²) in [4.78, 5) is 16.7. The maximum absolute atomic E-state index is 15.4. The van der Waals surface area contributed by atoms with Gasteiger partial charge in [0.1, 0.15) is 29.9 Å². The topological polar surface area (TPSA) is 141 Å². The monoisotopic (exact) mass is 577 g/mol. The standard InChI is InChI=1S/C29H26F3N7O3/c1-29(2)15-41-14-24(29)39-25(37-38-27(39)28(40)36-34)10-18-9-22(32)19(11-21(18)31)23-4-3-5-26(35-23)42-13-17-7-6-16(12-33)8-20(17)30/h3-9,11,24H,10,13-15,34H2,1-2H3,(H,36,40)/t24-/m0/s1. The van der Waals surface area contributed by atoms with E-state index in [0.717, 1.165) is 18.2 Å². The van der Waals surface area contributed by atoms with Gasteiger partial charge in [-0.25, -0.2) is 24.0 Å². The molecule has 13 heteroatoms. The molecule has 3 heterocycles. The Morgan fingerprint density at radius 3 is 2.62 bits per heavy atom. The molecule has 2 aromatic heterocycles. The number of nitrogen functional groups attached to an aromatic ring is 1. The molecule has 1 amide bonds. The molecule has 0 radical (unpaired) electrons. The molecule has 0 aliphatic carbocycles. The van der Waals surface area contributed by atoms with Crippen LogP contribution < -0.4 is 16.0 Å². The van der Waals surface area contributed by atoms with Gasteiger partial charge in [0.15, 0.2) is 0 Å². The number of amides is 1. The second-order valence-corrected chi connectivity index (χ2v) is 10.5. The molecule has 4 aromatic rings. The van der Waals surface area contributed by atoms with Crippen LogP contribution in [0, 0.1) is 34.2 Å². The van der Waals surface area contributed by atoms with Crippen LogP contribution in [0.5, 0.6) is 5.88 Å². The minimum Gasteiger partial charge on any atom is -0.473 e. The van der Waals surface area contributed by atoms with Crippen molar-refractivity contribution < 1.29 is 27.4 Å². The van der Waals surface area contributed by atoms with E-state index in [1.54, 1.807) is 10.6 Å². The number of carbonyl (C=O) groups is 1. The number of pyridine rings is 1. The summed E-state index contributed by atoms with van der Waals surface area (Å²) in [5.74, 6) is 2.84. The molecular formula is C29H26F3N7O3. The Balaban J connectivity index is 1.40. The van der Waals surface area contributed by atoms with Crippen LogP contribution in [0.2, 0.25) is 0 Å². The van der Waals surface area contributed by atoms with Crippen LogP contribution in [0.4, 0.5) is 13.2 Å². The van der Waals surface area contributed by atoms with Gasteiger partial charge in [0.05, 0.1) is 36.6 Å². The number of nitriles is 1. The van der Waals surface area contributed by atoms with Gasteiger partial charge in [-0.1, -0.05) is 26.0 Å². The van der Waals surface area contributed by atoms with Crippen molar-refractivity contribution in [2.75, 3.05) is 13.2 Å². The lowest BCUT2D eigenvalue weighted by molar-refractivity contribution is 0.0932. The van der Waals surface area contributed by atoms with Crippen molar-refractivity contribution in [3.8, 4) is 23.2 Å². The maximum Gasteiger partial charge on any atom is 0.303 e. The lowest BCUT2D eigenvalue weighted by atomic mass is 9.87. The lowest BCUT2D eigenvalue weighted by Crippen LogP contribution is -2.36. The van der Waals surface area contributed by atoms with Gasteiger partial charge in [0.25, 0.3) is 0 Å². The summed E-state index contributed by atoms with van der Waals surface area (Å²) in [6.45, 7) is 4.44. The van der Waals surface area contributed by atoms with E-state index in [0.29, 0.717) is 6.61 Å². The highest BCUT2D eigenvalue weighted by molar-refractivity contribution is 5.90. The highest BCUT2D eigenvalue weighted by atomic mass is 19.1. The number of aromatic nitrogens is 4.